The van der Waals surface area contributed by atoms with E-state index in [0.29, 0.717) is 42.2 Å². The minimum Gasteiger partial charge on any atom is -0.492 e. The monoisotopic (exact) mass is 413 g/mol. The minimum absolute atomic E-state index is 0.108. The molecule has 0 N–H and O–H groups in total. The minimum atomic E-state index is 0.108. The van der Waals surface area contributed by atoms with Crippen LogP contribution >= 0.6 is 0 Å². The molecule has 3 aromatic rings. The number of carbonyl (C=O) groups excluding carboxylic acids is 2. The fourth-order valence-corrected chi connectivity index (χ4v) is 4.91. The maximum Gasteiger partial charge on any atom is 0.170 e. The predicted molar refractivity (Wildman–Crippen MR) is 122 cm³/mol. The molecule has 4 nitrogen and oxygen atoms in total. The first kappa shape index (κ1) is 20.0. The van der Waals surface area contributed by atoms with E-state index >= 15 is 0 Å². The third kappa shape index (κ3) is 4.00. The van der Waals surface area contributed by atoms with Gasteiger partial charge in [0.2, 0.25) is 0 Å². The highest BCUT2D eigenvalue weighted by Gasteiger charge is 2.25. The lowest BCUT2D eigenvalue weighted by Gasteiger charge is -2.18. The summed E-state index contributed by atoms with van der Waals surface area (Å²) in [5, 5.41) is 1.91. The number of likely N-dealkylation sites (tertiary alicyclic amines) is 1. The van der Waals surface area contributed by atoms with Gasteiger partial charge in [0.1, 0.15) is 5.75 Å². The summed E-state index contributed by atoms with van der Waals surface area (Å²) in [4.78, 5) is 27.5. The van der Waals surface area contributed by atoms with Gasteiger partial charge in [0.25, 0.3) is 0 Å². The van der Waals surface area contributed by atoms with Crippen molar-refractivity contribution in [2.75, 3.05) is 26.2 Å². The Morgan fingerprint density at radius 3 is 2.84 bits per heavy atom. The Labute approximate surface area is 182 Å². The van der Waals surface area contributed by atoms with Crippen molar-refractivity contribution < 1.29 is 14.3 Å². The zero-order chi connectivity index (χ0) is 21.4. The van der Waals surface area contributed by atoms with E-state index in [4.69, 9.17) is 4.74 Å². The number of benzene rings is 3. The highest BCUT2D eigenvalue weighted by Crippen LogP contribution is 2.31. The lowest BCUT2D eigenvalue weighted by Crippen LogP contribution is -2.23. The molecule has 1 atom stereocenters. The zero-order valence-electron chi connectivity index (χ0n) is 17.9. The topological polar surface area (TPSA) is 46.6 Å². The molecular formula is C27H27NO3. The molecule has 0 bridgehead atoms. The molecule has 0 radical (unpaired) electrons. The van der Waals surface area contributed by atoms with Crippen LogP contribution in [0.3, 0.4) is 0 Å². The van der Waals surface area contributed by atoms with Crippen LogP contribution in [0.25, 0.3) is 10.8 Å². The van der Waals surface area contributed by atoms with Crippen molar-refractivity contribution in [3.05, 3.63) is 76.9 Å². The first-order valence-electron chi connectivity index (χ1n) is 11.1. The van der Waals surface area contributed by atoms with Gasteiger partial charge in [-0.1, -0.05) is 36.4 Å². The van der Waals surface area contributed by atoms with Gasteiger partial charge >= 0.3 is 0 Å². The van der Waals surface area contributed by atoms with Crippen molar-refractivity contribution in [2.45, 2.75) is 32.1 Å². The van der Waals surface area contributed by atoms with Crippen LogP contribution in [-0.4, -0.2) is 42.7 Å². The molecule has 1 fully saturated rings. The average molecular weight is 414 g/mol. The van der Waals surface area contributed by atoms with Gasteiger partial charge in [0.05, 0.1) is 12.2 Å². The summed E-state index contributed by atoms with van der Waals surface area (Å²) in [7, 11) is 0. The molecule has 0 aliphatic carbocycles. The maximum atomic E-state index is 12.9. The smallest absolute Gasteiger partial charge is 0.170 e. The molecule has 0 spiro atoms. The maximum absolute atomic E-state index is 12.9. The summed E-state index contributed by atoms with van der Waals surface area (Å²) in [6.45, 7) is 5.46. The van der Waals surface area contributed by atoms with Crippen molar-refractivity contribution in [3.8, 4) is 5.75 Å². The molecular weight excluding hydrogens is 386 g/mol. The van der Waals surface area contributed by atoms with Crippen molar-refractivity contribution in [1.29, 1.82) is 0 Å². The van der Waals surface area contributed by atoms with E-state index in [2.05, 4.69) is 36.1 Å². The lowest BCUT2D eigenvalue weighted by atomic mass is 9.94. The van der Waals surface area contributed by atoms with Crippen LogP contribution in [0.5, 0.6) is 5.75 Å². The van der Waals surface area contributed by atoms with E-state index < -0.39 is 0 Å². The van der Waals surface area contributed by atoms with Gasteiger partial charge in [0.15, 0.2) is 11.6 Å². The van der Waals surface area contributed by atoms with E-state index in [-0.39, 0.29) is 11.6 Å². The predicted octanol–water partition coefficient (Wildman–Crippen LogP) is 5.18. The van der Waals surface area contributed by atoms with E-state index in [1.54, 1.807) is 0 Å². The zero-order valence-corrected chi connectivity index (χ0v) is 17.9. The summed E-state index contributed by atoms with van der Waals surface area (Å²) in [5.41, 5.74) is 4.13. The molecule has 0 aromatic heterocycles. The number of hydrogen-bond donors (Lipinski definition) is 0. The number of ketones is 2. The van der Waals surface area contributed by atoms with E-state index in [1.807, 2.05) is 30.3 Å². The Kier molecular flexibility index (Phi) is 5.33. The summed E-state index contributed by atoms with van der Waals surface area (Å²) in [6.07, 6.45) is 2.08. The Balaban J connectivity index is 1.25. The standard InChI is InChI=1S/C27H27NO3/c1-18-4-2-3-5-23(18)21-8-11-28(17-21)12-9-25(29)20-7-6-19-16-27-24(15-22(19)14-20)26(30)10-13-31-27/h2-7,14-16,21H,8-13,17H2,1H3. The second-order valence-electron chi connectivity index (χ2n) is 8.75. The van der Waals surface area contributed by atoms with Gasteiger partial charge in [0, 0.05) is 31.5 Å². The average Bonchev–Trinajstić information content (AvgIpc) is 3.25. The van der Waals surface area contributed by atoms with Crippen LogP contribution in [0.15, 0.2) is 54.6 Å². The molecule has 0 amide bonds. The number of rotatable bonds is 5. The molecule has 4 heteroatoms. The SMILES string of the molecule is Cc1ccccc1C1CCN(CCC(=O)c2ccc3cc4c(cc3c2)C(=O)CCO4)C1. The molecule has 1 unspecified atom stereocenters. The number of fused-ring (bicyclic) bond motifs is 2. The van der Waals surface area contributed by atoms with Crippen molar-refractivity contribution >= 4 is 22.3 Å². The van der Waals surface area contributed by atoms with Gasteiger partial charge < -0.3 is 9.64 Å². The van der Waals surface area contributed by atoms with E-state index in [9.17, 15) is 9.59 Å². The number of hydrogen-bond acceptors (Lipinski definition) is 4. The first-order valence-corrected chi connectivity index (χ1v) is 11.1. The van der Waals surface area contributed by atoms with Crippen LogP contribution in [-0.2, 0) is 0 Å². The second-order valence-corrected chi connectivity index (χ2v) is 8.75. The molecule has 5 rings (SSSR count). The fourth-order valence-electron chi connectivity index (χ4n) is 4.91. The Hall–Kier alpha value is -2.98. The molecule has 31 heavy (non-hydrogen) atoms. The van der Waals surface area contributed by atoms with Gasteiger partial charge in [-0.2, -0.15) is 0 Å². The van der Waals surface area contributed by atoms with Crippen molar-refractivity contribution in [3.63, 3.8) is 0 Å². The highest BCUT2D eigenvalue weighted by molar-refractivity contribution is 6.05. The van der Waals surface area contributed by atoms with E-state index in [1.165, 1.54) is 11.1 Å². The van der Waals surface area contributed by atoms with Crippen LogP contribution in [0.4, 0.5) is 0 Å². The summed E-state index contributed by atoms with van der Waals surface area (Å²) in [5.74, 6) is 1.47. The Morgan fingerprint density at radius 2 is 1.97 bits per heavy atom. The second kappa shape index (κ2) is 8.27. The Bertz CT molecular complexity index is 1170. The van der Waals surface area contributed by atoms with Gasteiger partial charge in [-0.3, -0.25) is 9.59 Å². The molecule has 158 valence electrons. The lowest BCUT2D eigenvalue weighted by molar-refractivity contribution is 0.0932. The molecule has 2 aliphatic rings. The van der Waals surface area contributed by atoms with Gasteiger partial charge in [-0.15, -0.1) is 0 Å². The van der Waals surface area contributed by atoms with Crippen molar-refractivity contribution in [2.24, 2.45) is 0 Å². The van der Waals surface area contributed by atoms with Crippen LogP contribution in [0, 0.1) is 6.92 Å². The number of ether oxygens (including phenoxy) is 1. The Morgan fingerprint density at radius 1 is 1.10 bits per heavy atom. The highest BCUT2D eigenvalue weighted by atomic mass is 16.5. The molecule has 0 saturated carbocycles. The third-order valence-electron chi connectivity index (χ3n) is 6.70. The molecule has 2 aliphatic heterocycles. The summed E-state index contributed by atoms with van der Waals surface area (Å²) in [6, 6.07) is 18.2. The normalized spacial score (nSPS) is 18.7. The summed E-state index contributed by atoms with van der Waals surface area (Å²) < 4.78 is 5.63. The fraction of sp³-hybridized carbons (Fsp3) is 0.333. The molecule has 2 heterocycles. The quantitative estimate of drug-likeness (QED) is 0.541. The number of Topliss-reactive ketones (excluding diaryl/α,β-unsaturated/α-hetero) is 2. The number of carbonyl (C=O) groups is 2. The van der Waals surface area contributed by atoms with E-state index in [0.717, 1.165) is 36.8 Å². The number of nitrogens with zero attached hydrogens (tertiary/aromatic N) is 1. The molecule has 1 saturated heterocycles. The number of aryl methyl sites for hydroxylation is 1. The first-order chi connectivity index (χ1) is 15.1. The van der Waals surface area contributed by atoms with Crippen LogP contribution in [0.1, 0.15) is 57.0 Å². The van der Waals surface area contributed by atoms with Crippen LogP contribution < -0.4 is 4.74 Å². The summed E-state index contributed by atoms with van der Waals surface area (Å²) >= 11 is 0. The largest absolute Gasteiger partial charge is 0.492 e. The molecule has 3 aromatic carbocycles. The third-order valence-corrected chi connectivity index (χ3v) is 6.70. The van der Waals surface area contributed by atoms with Gasteiger partial charge in [-0.05, 0) is 65.9 Å². The van der Waals surface area contributed by atoms with Gasteiger partial charge in [-0.25, -0.2) is 0 Å². The van der Waals surface area contributed by atoms with Crippen LogP contribution in [0.2, 0.25) is 0 Å². The van der Waals surface area contributed by atoms with Crippen molar-refractivity contribution in [1.82, 2.24) is 4.90 Å².